The highest BCUT2D eigenvalue weighted by Crippen LogP contribution is 2.26. The molecule has 0 amide bonds. The van der Waals surface area contributed by atoms with Gasteiger partial charge in [0.15, 0.2) is 0 Å². The molecule has 1 N–H and O–H groups in total. The van der Waals surface area contributed by atoms with E-state index in [1.54, 1.807) is 0 Å². The lowest BCUT2D eigenvalue weighted by molar-refractivity contribution is 0.0450. The second-order valence-electron chi connectivity index (χ2n) is 5.56. The van der Waals surface area contributed by atoms with E-state index in [1.807, 2.05) is 25.2 Å². The van der Waals surface area contributed by atoms with E-state index < -0.39 is 5.60 Å². The highest BCUT2D eigenvalue weighted by Gasteiger charge is 2.15. The van der Waals surface area contributed by atoms with Gasteiger partial charge in [-0.05, 0) is 49.7 Å². The van der Waals surface area contributed by atoms with Crippen LogP contribution in [0.3, 0.4) is 0 Å². The van der Waals surface area contributed by atoms with Gasteiger partial charge in [0.25, 0.3) is 0 Å². The van der Waals surface area contributed by atoms with Crippen molar-refractivity contribution in [1.29, 1.82) is 0 Å². The van der Waals surface area contributed by atoms with Crippen LogP contribution in [0.5, 0.6) is 0 Å². The van der Waals surface area contributed by atoms with E-state index in [0.717, 1.165) is 13.0 Å². The van der Waals surface area contributed by atoms with Crippen molar-refractivity contribution < 1.29 is 5.11 Å². The highest BCUT2D eigenvalue weighted by atomic mass is 32.1. The summed E-state index contributed by atoms with van der Waals surface area (Å²) in [6, 6.07) is 8.54. The van der Waals surface area contributed by atoms with Crippen molar-refractivity contribution in [3.05, 3.63) is 35.2 Å². The van der Waals surface area contributed by atoms with Gasteiger partial charge in [-0.15, -0.1) is 11.3 Å². The Balaban J connectivity index is 1.98. The van der Waals surface area contributed by atoms with Crippen LogP contribution in [0.15, 0.2) is 29.6 Å². The summed E-state index contributed by atoms with van der Waals surface area (Å²) in [5.41, 5.74) is 0.795. The average molecular weight is 263 g/mol. The number of thiophene rings is 1. The van der Waals surface area contributed by atoms with E-state index in [1.165, 1.54) is 15.6 Å². The topological polar surface area (TPSA) is 23.5 Å². The maximum absolute atomic E-state index is 9.78. The first-order valence-corrected chi connectivity index (χ1v) is 7.20. The van der Waals surface area contributed by atoms with Gasteiger partial charge >= 0.3 is 0 Å². The molecule has 2 aromatic rings. The summed E-state index contributed by atoms with van der Waals surface area (Å²) in [5.74, 6) is 0. The highest BCUT2D eigenvalue weighted by molar-refractivity contribution is 7.17. The lowest BCUT2D eigenvalue weighted by Crippen LogP contribution is -2.37. The molecule has 0 aliphatic heterocycles. The molecule has 2 rings (SSSR count). The number of hydrogen-bond donors (Lipinski definition) is 1. The van der Waals surface area contributed by atoms with Gasteiger partial charge in [0, 0.05) is 17.8 Å². The Morgan fingerprint density at radius 3 is 2.72 bits per heavy atom. The lowest BCUT2D eigenvalue weighted by atomic mass is 10.1. The molecule has 3 heteroatoms. The first kappa shape index (κ1) is 13.5. The number of nitrogens with zero attached hydrogens (tertiary/aromatic N) is 1. The fraction of sp³-hybridized carbons (Fsp3) is 0.467. The van der Waals surface area contributed by atoms with Crippen LogP contribution in [-0.4, -0.2) is 35.7 Å². The Morgan fingerprint density at radius 2 is 2.00 bits per heavy atom. The van der Waals surface area contributed by atoms with Gasteiger partial charge in [-0.2, -0.15) is 0 Å². The number of hydrogen-bond acceptors (Lipinski definition) is 3. The Kier molecular flexibility index (Phi) is 4.05. The van der Waals surface area contributed by atoms with E-state index >= 15 is 0 Å². The normalized spacial score (nSPS) is 12.5. The van der Waals surface area contributed by atoms with Crippen molar-refractivity contribution in [3.8, 4) is 0 Å². The Morgan fingerprint density at radius 1 is 1.28 bits per heavy atom. The van der Waals surface area contributed by atoms with Crippen LogP contribution < -0.4 is 0 Å². The third-order valence-corrected chi connectivity index (χ3v) is 3.99. The monoisotopic (exact) mass is 263 g/mol. The maximum atomic E-state index is 9.78. The number of likely N-dealkylation sites (N-methyl/N-ethyl adjacent to an activating group) is 1. The Bertz CT molecular complexity index is 512. The van der Waals surface area contributed by atoms with Crippen LogP contribution in [0.4, 0.5) is 0 Å². The molecule has 98 valence electrons. The van der Waals surface area contributed by atoms with Crippen LogP contribution in [0.2, 0.25) is 0 Å². The van der Waals surface area contributed by atoms with Gasteiger partial charge in [0.1, 0.15) is 0 Å². The molecule has 1 heterocycles. The predicted molar refractivity (Wildman–Crippen MR) is 79.3 cm³/mol. The number of fused-ring (bicyclic) bond motifs is 1. The molecule has 0 aliphatic rings. The van der Waals surface area contributed by atoms with Crippen molar-refractivity contribution in [2.75, 3.05) is 20.1 Å². The van der Waals surface area contributed by atoms with Crippen molar-refractivity contribution in [2.45, 2.75) is 25.9 Å². The quantitative estimate of drug-likeness (QED) is 0.896. The molecule has 0 saturated carbocycles. The molecule has 0 bridgehead atoms. The molecule has 0 atom stereocenters. The molecule has 0 saturated heterocycles. The summed E-state index contributed by atoms with van der Waals surface area (Å²) < 4.78 is 1.36. The van der Waals surface area contributed by atoms with Crippen molar-refractivity contribution in [3.63, 3.8) is 0 Å². The standard InChI is InChI=1S/C15H21NOS/c1-15(2,17)11-16(3)9-8-12-10-18-14-7-5-4-6-13(12)14/h4-7,10,17H,8-9,11H2,1-3H3. The molecular formula is C15H21NOS. The summed E-state index contributed by atoms with van der Waals surface area (Å²) in [7, 11) is 2.06. The minimum absolute atomic E-state index is 0.620. The SMILES string of the molecule is CN(CCc1csc2ccccc12)CC(C)(C)O. The van der Waals surface area contributed by atoms with Crippen LogP contribution in [0, 0.1) is 0 Å². The number of rotatable bonds is 5. The van der Waals surface area contributed by atoms with E-state index in [2.05, 4.69) is 41.6 Å². The molecule has 18 heavy (non-hydrogen) atoms. The molecule has 1 aromatic carbocycles. The third-order valence-electron chi connectivity index (χ3n) is 2.98. The maximum Gasteiger partial charge on any atom is 0.0718 e. The van der Waals surface area contributed by atoms with Gasteiger partial charge in [0.05, 0.1) is 5.60 Å². The molecule has 0 unspecified atom stereocenters. The van der Waals surface area contributed by atoms with Crippen LogP contribution in [0.25, 0.3) is 10.1 Å². The smallest absolute Gasteiger partial charge is 0.0718 e. The molecule has 0 aliphatic carbocycles. The predicted octanol–water partition coefficient (Wildman–Crippen LogP) is 3.15. The van der Waals surface area contributed by atoms with Gasteiger partial charge in [-0.25, -0.2) is 0 Å². The van der Waals surface area contributed by atoms with Crippen LogP contribution >= 0.6 is 11.3 Å². The van der Waals surface area contributed by atoms with E-state index in [9.17, 15) is 5.11 Å². The fourth-order valence-electron chi connectivity index (χ4n) is 2.28. The summed E-state index contributed by atoms with van der Waals surface area (Å²) in [5, 5.41) is 13.4. The first-order valence-electron chi connectivity index (χ1n) is 6.32. The minimum atomic E-state index is -0.620. The van der Waals surface area contributed by atoms with Crippen molar-refractivity contribution >= 4 is 21.4 Å². The van der Waals surface area contributed by atoms with E-state index in [4.69, 9.17) is 0 Å². The summed E-state index contributed by atoms with van der Waals surface area (Å²) in [6.07, 6.45) is 1.04. The zero-order valence-electron chi connectivity index (χ0n) is 11.3. The molecule has 0 radical (unpaired) electrons. The van der Waals surface area contributed by atoms with Crippen molar-refractivity contribution in [1.82, 2.24) is 4.90 Å². The van der Waals surface area contributed by atoms with Gasteiger partial charge in [-0.3, -0.25) is 0 Å². The fourth-order valence-corrected chi connectivity index (χ4v) is 3.27. The molecule has 0 fully saturated rings. The van der Waals surface area contributed by atoms with Crippen LogP contribution in [-0.2, 0) is 6.42 Å². The lowest BCUT2D eigenvalue weighted by Gasteiger charge is -2.25. The molecule has 2 nitrogen and oxygen atoms in total. The third kappa shape index (κ3) is 3.55. The van der Waals surface area contributed by atoms with Crippen LogP contribution in [0.1, 0.15) is 19.4 Å². The molecular weight excluding hydrogens is 242 g/mol. The van der Waals surface area contributed by atoms with Gasteiger partial charge in [0.2, 0.25) is 0 Å². The van der Waals surface area contributed by atoms with Gasteiger partial charge in [-0.1, -0.05) is 18.2 Å². The zero-order chi connectivity index (χ0) is 13.2. The molecule has 1 aromatic heterocycles. The number of benzene rings is 1. The second-order valence-corrected chi connectivity index (χ2v) is 6.47. The first-order chi connectivity index (χ1) is 8.46. The minimum Gasteiger partial charge on any atom is -0.389 e. The Labute approximate surface area is 113 Å². The summed E-state index contributed by atoms with van der Waals surface area (Å²) in [6.45, 7) is 5.38. The summed E-state index contributed by atoms with van der Waals surface area (Å²) >= 11 is 1.81. The van der Waals surface area contributed by atoms with Crippen molar-refractivity contribution in [2.24, 2.45) is 0 Å². The van der Waals surface area contributed by atoms with Gasteiger partial charge < -0.3 is 10.0 Å². The average Bonchev–Trinajstić information content (AvgIpc) is 2.67. The largest absolute Gasteiger partial charge is 0.389 e. The Hall–Kier alpha value is -0.900. The number of aliphatic hydroxyl groups is 1. The van der Waals surface area contributed by atoms with E-state index in [-0.39, 0.29) is 0 Å². The zero-order valence-corrected chi connectivity index (χ0v) is 12.1. The summed E-state index contributed by atoms with van der Waals surface area (Å²) in [4.78, 5) is 2.19. The van der Waals surface area contributed by atoms with E-state index in [0.29, 0.717) is 6.54 Å². The molecule has 0 spiro atoms. The second kappa shape index (κ2) is 5.39.